The summed E-state index contributed by atoms with van der Waals surface area (Å²) in [6.45, 7) is 5.24. The second kappa shape index (κ2) is 8.66. The normalized spacial score (nSPS) is 14.1. The highest BCUT2D eigenvalue weighted by Crippen LogP contribution is 2.21. The molecule has 150 valence electrons. The van der Waals surface area contributed by atoms with Gasteiger partial charge in [0.05, 0.1) is 12.1 Å². The first kappa shape index (κ1) is 19.5. The van der Waals surface area contributed by atoms with E-state index in [0.29, 0.717) is 5.69 Å². The van der Waals surface area contributed by atoms with Crippen molar-refractivity contribution >= 4 is 22.9 Å². The van der Waals surface area contributed by atoms with Crippen LogP contribution in [-0.2, 0) is 6.42 Å². The van der Waals surface area contributed by atoms with Crippen molar-refractivity contribution in [2.75, 3.05) is 38.2 Å². The van der Waals surface area contributed by atoms with Crippen molar-refractivity contribution in [3.8, 4) is 5.75 Å². The molecule has 1 fully saturated rings. The van der Waals surface area contributed by atoms with Crippen LogP contribution in [0.5, 0.6) is 5.75 Å². The number of nitrogens with zero attached hydrogens (tertiary/aromatic N) is 3. The molecule has 2 heterocycles. The number of carbonyl (C=O) groups excluding carboxylic acids is 1. The monoisotopic (exact) mass is 407 g/mol. The summed E-state index contributed by atoms with van der Waals surface area (Å²) in [7, 11) is 1.66. The number of piperazine rings is 1. The zero-order chi connectivity index (χ0) is 20.2. The summed E-state index contributed by atoms with van der Waals surface area (Å²) in [6, 6.07) is 16.5. The first-order valence-corrected chi connectivity index (χ1v) is 10.7. The number of amides is 1. The standard InChI is InChI=1S/C23H25N3O2S/c1-17-4-3-5-19(14-17)25-10-12-26(13-11-25)23(27)21-16-29-22(24-21)15-18-6-8-20(28-2)9-7-18/h3-9,14,16H,10-13,15H2,1-2H3. The Kier molecular flexibility index (Phi) is 5.81. The zero-order valence-electron chi connectivity index (χ0n) is 16.8. The highest BCUT2D eigenvalue weighted by molar-refractivity contribution is 7.09. The third-order valence-corrected chi connectivity index (χ3v) is 6.07. The van der Waals surface area contributed by atoms with E-state index in [0.717, 1.165) is 48.9 Å². The molecule has 6 heteroatoms. The molecular formula is C23H25N3O2S. The molecule has 1 aromatic heterocycles. The maximum Gasteiger partial charge on any atom is 0.273 e. The molecule has 0 radical (unpaired) electrons. The van der Waals surface area contributed by atoms with Crippen molar-refractivity contribution in [2.45, 2.75) is 13.3 Å². The number of thiazole rings is 1. The fourth-order valence-corrected chi connectivity index (χ4v) is 4.36. The van der Waals surface area contributed by atoms with Crippen molar-refractivity contribution in [1.82, 2.24) is 9.88 Å². The quantitative estimate of drug-likeness (QED) is 0.641. The van der Waals surface area contributed by atoms with E-state index in [-0.39, 0.29) is 5.91 Å². The molecule has 1 saturated heterocycles. The number of aryl methyl sites for hydroxylation is 1. The van der Waals surface area contributed by atoms with E-state index >= 15 is 0 Å². The topological polar surface area (TPSA) is 45.7 Å². The van der Waals surface area contributed by atoms with E-state index in [1.165, 1.54) is 11.3 Å². The van der Waals surface area contributed by atoms with Crippen molar-refractivity contribution in [2.24, 2.45) is 0 Å². The molecule has 1 aliphatic heterocycles. The Morgan fingerprint density at radius 2 is 1.86 bits per heavy atom. The second-order valence-corrected chi connectivity index (χ2v) is 8.21. The fourth-order valence-electron chi connectivity index (χ4n) is 3.56. The van der Waals surface area contributed by atoms with E-state index < -0.39 is 0 Å². The van der Waals surface area contributed by atoms with Gasteiger partial charge in [0.15, 0.2) is 0 Å². The average Bonchev–Trinajstić information content (AvgIpc) is 3.22. The van der Waals surface area contributed by atoms with E-state index in [1.807, 2.05) is 34.5 Å². The first-order valence-electron chi connectivity index (χ1n) is 9.80. The van der Waals surface area contributed by atoms with Gasteiger partial charge in [-0.15, -0.1) is 11.3 Å². The summed E-state index contributed by atoms with van der Waals surface area (Å²) >= 11 is 1.55. The molecule has 0 saturated carbocycles. The van der Waals surface area contributed by atoms with Gasteiger partial charge in [0, 0.05) is 43.7 Å². The minimum absolute atomic E-state index is 0.0334. The summed E-state index contributed by atoms with van der Waals surface area (Å²) in [5.41, 5.74) is 4.20. The van der Waals surface area contributed by atoms with Crippen LogP contribution in [0.3, 0.4) is 0 Å². The van der Waals surface area contributed by atoms with Crippen LogP contribution >= 0.6 is 11.3 Å². The van der Waals surface area contributed by atoms with Gasteiger partial charge in [0.25, 0.3) is 5.91 Å². The van der Waals surface area contributed by atoms with E-state index in [2.05, 4.69) is 41.1 Å². The number of ether oxygens (including phenoxy) is 1. The van der Waals surface area contributed by atoms with Gasteiger partial charge in [-0.05, 0) is 42.3 Å². The summed E-state index contributed by atoms with van der Waals surface area (Å²) in [6.07, 6.45) is 0.725. The Hall–Kier alpha value is -2.86. The zero-order valence-corrected chi connectivity index (χ0v) is 17.6. The van der Waals surface area contributed by atoms with E-state index in [9.17, 15) is 4.79 Å². The lowest BCUT2D eigenvalue weighted by Crippen LogP contribution is -2.48. The van der Waals surface area contributed by atoms with Gasteiger partial charge in [0.2, 0.25) is 0 Å². The minimum Gasteiger partial charge on any atom is -0.497 e. The molecule has 0 unspecified atom stereocenters. The van der Waals surface area contributed by atoms with Crippen molar-refractivity contribution < 1.29 is 9.53 Å². The summed E-state index contributed by atoms with van der Waals surface area (Å²) < 4.78 is 5.20. The largest absolute Gasteiger partial charge is 0.497 e. The van der Waals surface area contributed by atoms with Gasteiger partial charge in [-0.1, -0.05) is 24.3 Å². The second-order valence-electron chi connectivity index (χ2n) is 7.27. The molecule has 0 N–H and O–H groups in total. The SMILES string of the molecule is COc1ccc(Cc2nc(C(=O)N3CCN(c4cccc(C)c4)CC3)cs2)cc1. The van der Waals surface area contributed by atoms with Gasteiger partial charge >= 0.3 is 0 Å². The molecule has 0 aliphatic carbocycles. The van der Waals surface area contributed by atoms with Gasteiger partial charge in [-0.25, -0.2) is 4.98 Å². The Labute approximate surface area is 175 Å². The number of aromatic nitrogens is 1. The first-order chi connectivity index (χ1) is 14.1. The van der Waals surface area contributed by atoms with Crippen LogP contribution < -0.4 is 9.64 Å². The number of hydrogen-bond acceptors (Lipinski definition) is 5. The minimum atomic E-state index is 0.0334. The molecule has 0 bridgehead atoms. The van der Waals surface area contributed by atoms with E-state index in [4.69, 9.17) is 4.74 Å². The number of rotatable bonds is 5. The number of carbonyl (C=O) groups is 1. The van der Waals surface area contributed by atoms with Crippen LogP contribution in [0.25, 0.3) is 0 Å². The molecule has 0 spiro atoms. The average molecular weight is 408 g/mol. The molecule has 1 amide bonds. The van der Waals surface area contributed by atoms with Gasteiger partial charge in [-0.2, -0.15) is 0 Å². The van der Waals surface area contributed by atoms with E-state index in [1.54, 1.807) is 18.4 Å². The lowest BCUT2D eigenvalue weighted by atomic mass is 10.1. The third kappa shape index (κ3) is 4.59. The maximum absolute atomic E-state index is 12.9. The summed E-state index contributed by atoms with van der Waals surface area (Å²) in [4.78, 5) is 21.7. The lowest BCUT2D eigenvalue weighted by Gasteiger charge is -2.36. The summed E-state index contributed by atoms with van der Waals surface area (Å²) in [5.74, 6) is 0.875. The van der Waals surface area contributed by atoms with Gasteiger partial charge < -0.3 is 14.5 Å². The van der Waals surface area contributed by atoms with Crippen molar-refractivity contribution in [3.05, 3.63) is 75.7 Å². The Morgan fingerprint density at radius 1 is 1.10 bits per heavy atom. The van der Waals surface area contributed by atoms with Crippen molar-refractivity contribution in [1.29, 1.82) is 0 Å². The number of hydrogen-bond donors (Lipinski definition) is 0. The Morgan fingerprint density at radius 3 is 2.55 bits per heavy atom. The van der Waals surface area contributed by atoms with Crippen LogP contribution in [-0.4, -0.2) is 49.1 Å². The summed E-state index contributed by atoms with van der Waals surface area (Å²) in [5, 5.41) is 2.84. The van der Waals surface area contributed by atoms with Crippen LogP contribution in [0.2, 0.25) is 0 Å². The molecule has 0 atom stereocenters. The molecule has 2 aromatic carbocycles. The number of benzene rings is 2. The molecular weight excluding hydrogens is 382 g/mol. The van der Waals surface area contributed by atoms with Gasteiger partial charge in [-0.3, -0.25) is 4.79 Å². The predicted octanol–water partition coefficient (Wildman–Crippen LogP) is 4.01. The van der Waals surface area contributed by atoms with Gasteiger partial charge in [0.1, 0.15) is 11.4 Å². The van der Waals surface area contributed by atoms with Crippen molar-refractivity contribution in [3.63, 3.8) is 0 Å². The highest BCUT2D eigenvalue weighted by atomic mass is 32.1. The fraction of sp³-hybridized carbons (Fsp3) is 0.304. The molecule has 3 aromatic rings. The predicted molar refractivity (Wildman–Crippen MR) is 117 cm³/mol. The van der Waals surface area contributed by atoms with Crippen LogP contribution in [0.4, 0.5) is 5.69 Å². The van der Waals surface area contributed by atoms with Crippen LogP contribution in [0.1, 0.15) is 26.6 Å². The smallest absolute Gasteiger partial charge is 0.273 e. The Balaban J connectivity index is 1.35. The third-order valence-electron chi connectivity index (χ3n) is 5.22. The maximum atomic E-state index is 12.9. The molecule has 1 aliphatic rings. The molecule has 29 heavy (non-hydrogen) atoms. The van der Waals surface area contributed by atoms with Crippen LogP contribution in [0, 0.1) is 6.92 Å². The molecule has 4 rings (SSSR count). The highest BCUT2D eigenvalue weighted by Gasteiger charge is 2.24. The Bertz CT molecular complexity index is 976. The number of methoxy groups -OCH3 is 1. The molecule has 5 nitrogen and oxygen atoms in total. The number of anilines is 1. The van der Waals surface area contributed by atoms with Crippen LogP contribution in [0.15, 0.2) is 53.9 Å². The lowest BCUT2D eigenvalue weighted by molar-refractivity contribution is 0.0741.